The molecule has 1 nitrogen and oxygen atoms in total. The third-order valence-electron chi connectivity index (χ3n) is 5.93. The van der Waals surface area contributed by atoms with Gasteiger partial charge in [0.15, 0.2) is 0 Å². The first-order valence-corrected chi connectivity index (χ1v) is 12.0. The van der Waals surface area contributed by atoms with E-state index in [1.54, 1.807) is 6.07 Å². The van der Waals surface area contributed by atoms with Gasteiger partial charge >= 0.3 is 0 Å². The van der Waals surface area contributed by atoms with Crippen molar-refractivity contribution in [1.29, 1.82) is 0 Å². The Labute approximate surface area is 200 Å². The zero-order valence-corrected chi connectivity index (χ0v) is 20.0. The van der Waals surface area contributed by atoms with E-state index in [0.717, 1.165) is 45.6 Å². The van der Waals surface area contributed by atoms with E-state index in [1.807, 2.05) is 12.1 Å². The highest BCUT2D eigenvalue weighted by Gasteiger charge is 2.40. The molecule has 2 saturated carbocycles. The van der Waals surface area contributed by atoms with Crippen LogP contribution in [0.15, 0.2) is 53.0 Å². The molecule has 0 bridgehead atoms. The van der Waals surface area contributed by atoms with Gasteiger partial charge in [0.25, 0.3) is 0 Å². The van der Waals surface area contributed by atoms with Crippen LogP contribution >= 0.6 is 50.7 Å². The molecule has 2 atom stereocenters. The van der Waals surface area contributed by atoms with Crippen LogP contribution in [0.4, 0.5) is 0 Å². The molecule has 0 saturated heterocycles. The van der Waals surface area contributed by atoms with Crippen LogP contribution in [0, 0.1) is 6.07 Å². The first kappa shape index (κ1) is 20.7. The highest BCUT2D eigenvalue weighted by molar-refractivity contribution is 9.10. The number of hydrogen-bond donors (Lipinski definition) is 0. The summed E-state index contributed by atoms with van der Waals surface area (Å²) in [6.07, 6.45) is 3.44. The minimum Gasteiger partial charge on any atom is -0.489 e. The molecule has 5 rings (SSSR count). The van der Waals surface area contributed by atoms with E-state index in [1.165, 1.54) is 11.1 Å². The van der Waals surface area contributed by atoms with Crippen molar-refractivity contribution in [2.75, 3.05) is 0 Å². The van der Waals surface area contributed by atoms with Crippen molar-refractivity contribution in [1.82, 2.24) is 0 Å². The fourth-order valence-electron chi connectivity index (χ4n) is 4.18. The van der Waals surface area contributed by atoms with Gasteiger partial charge in [0.1, 0.15) is 12.4 Å². The molecule has 2 unspecified atom stereocenters. The summed E-state index contributed by atoms with van der Waals surface area (Å²) in [6.45, 7) is 0.382. The highest BCUT2D eigenvalue weighted by Crippen LogP contribution is 2.56. The van der Waals surface area contributed by atoms with Gasteiger partial charge in [-0.2, -0.15) is 0 Å². The van der Waals surface area contributed by atoms with Gasteiger partial charge in [-0.1, -0.05) is 68.9 Å². The van der Waals surface area contributed by atoms with Gasteiger partial charge in [-0.15, -0.1) is 0 Å². The van der Waals surface area contributed by atoms with Crippen molar-refractivity contribution in [3.05, 3.63) is 96.4 Å². The summed E-state index contributed by atoms with van der Waals surface area (Å²) >= 11 is 22.7. The molecule has 0 N–H and O–H groups in total. The summed E-state index contributed by atoms with van der Waals surface area (Å²) in [6, 6.07) is 19.5. The second-order valence-electron chi connectivity index (χ2n) is 8.10. The molecular weight excluding hydrogens is 503 g/mol. The van der Waals surface area contributed by atoms with Gasteiger partial charge in [0.05, 0.1) is 5.02 Å². The maximum absolute atomic E-state index is 6.63. The molecule has 153 valence electrons. The second-order valence-corrected chi connectivity index (χ2v) is 10.2. The summed E-state index contributed by atoms with van der Waals surface area (Å²) in [5.74, 6) is 2.25. The first-order valence-electron chi connectivity index (χ1n) is 10.1. The van der Waals surface area contributed by atoms with Crippen molar-refractivity contribution in [2.45, 2.75) is 43.6 Å². The lowest BCUT2D eigenvalue weighted by Gasteiger charge is -2.14. The second kappa shape index (κ2) is 8.39. The predicted molar refractivity (Wildman–Crippen MR) is 127 cm³/mol. The molecule has 0 spiro atoms. The Balaban J connectivity index is 1.29. The van der Waals surface area contributed by atoms with Crippen molar-refractivity contribution in [3.63, 3.8) is 0 Å². The average molecular weight is 522 g/mol. The molecule has 5 heteroatoms. The lowest BCUT2D eigenvalue weighted by atomic mass is 10.0. The molecule has 0 aromatic heterocycles. The maximum atomic E-state index is 6.63. The standard InChI is InChI=1S/C25H19BrCl3O/c26-17-5-3-14(4-6-17)21-12-22(21)20-8-7-19(11-23(20)28)30-13-16-9-18(27)10-24(29)25(16)15-1-2-15/h3-8,10-11,15,21-22H,1-2,12-13H2. The molecule has 1 radical (unpaired) electrons. The van der Waals surface area contributed by atoms with Crippen LogP contribution in [0.3, 0.4) is 0 Å². The largest absolute Gasteiger partial charge is 0.489 e. The fraction of sp³-hybridized carbons (Fsp3) is 0.280. The van der Waals surface area contributed by atoms with Gasteiger partial charge in [0, 0.05) is 26.1 Å². The van der Waals surface area contributed by atoms with Gasteiger partial charge in [-0.3, -0.25) is 0 Å². The van der Waals surface area contributed by atoms with Crippen molar-refractivity contribution in [3.8, 4) is 5.75 Å². The lowest BCUT2D eigenvalue weighted by Crippen LogP contribution is -2.01. The zero-order valence-electron chi connectivity index (χ0n) is 16.1. The van der Waals surface area contributed by atoms with Crippen molar-refractivity contribution in [2.24, 2.45) is 0 Å². The smallest absolute Gasteiger partial charge is 0.121 e. The van der Waals surface area contributed by atoms with E-state index in [9.17, 15) is 0 Å². The van der Waals surface area contributed by atoms with Crippen LogP contribution in [0.25, 0.3) is 0 Å². The fourth-order valence-corrected chi connectivity index (χ4v) is 5.41. The van der Waals surface area contributed by atoms with E-state index in [-0.39, 0.29) is 0 Å². The molecule has 2 fully saturated rings. The maximum Gasteiger partial charge on any atom is 0.121 e. The number of halogens is 4. The molecule has 0 amide bonds. The van der Waals surface area contributed by atoms with Crippen LogP contribution in [0.2, 0.25) is 15.1 Å². The van der Waals surface area contributed by atoms with E-state index in [2.05, 4.69) is 52.3 Å². The Morgan fingerprint density at radius 2 is 1.70 bits per heavy atom. The van der Waals surface area contributed by atoms with E-state index < -0.39 is 0 Å². The molecule has 30 heavy (non-hydrogen) atoms. The van der Waals surface area contributed by atoms with Crippen LogP contribution in [0.1, 0.15) is 59.3 Å². The van der Waals surface area contributed by atoms with Gasteiger partial charge < -0.3 is 4.74 Å². The number of ether oxygens (including phenoxy) is 1. The Kier molecular flexibility index (Phi) is 5.79. The van der Waals surface area contributed by atoms with E-state index in [0.29, 0.717) is 34.4 Å². The average Bonchev–Trinajstić information content (AvgIpc) is 3.61. The third kappa shape index (κ3) is 4.39. The predicted octanol–water partition coefficient (Wildman–Crippen LogP) is 8.94. The van der Waals surface area contributed by atoms with E-state index in [4.69, 9.17) is 39.5 Å². The Hall–Kier alpha value is -1.19. The van der Waals surface area contributed by atoms with Crippen molar-refractivity contribution < 1.29 is 4.74 Å². The first-order chi connectivity index (χ1) is 14.5. The lowest BCUT2D eigenvalue weighted by molar-refractivity contribution is 0.304. The van der Waals surface area contributed by atoms with Crippen LogP contribution < -0.4 is 4.74 Å². The summed E-state index contributed by atoms with van der Waals surface area (Å²) < 4.78 is 7.15. The number of hydrogen-bond acceptors (Lipinski definition) is 1. The van der Waals surface area contributed by atoms with Gasteiger partial charge in [-0.25, -0.2) is 0 Å². The molecule has 0 heterocycles. The summed E-state index contributed by atoms with van der Waals surface area (Å²) in [4.78, 5) is 0. The zero-order chi connectivity index (χ0) is 20.8. The number of benzene rings is 3. The number of rotatable bonds is 6. The highest BCUT2D eigenvalue weighted by atomic mass is 79.9. The Morgan fingerprint density at radius 1 is 0.933 bits per heavy atom. The molecule has 3 aromatic rings. The molecule has 2 aliphatic carbocycles. The minimum absolute atomic E-state index is 0.382. The molecule has 3 aromatic carbocycles. The third-order valence-corrected chi connectivity index (χ3v) is 7.31. The molecular formula is C25H19BrCl3O. The van der Waals surface area contributed by atoms with Crippen LogP contribution in [-0.2, 0) is 6.61 Å². The van der Waals surface area contributed by atoms with Crippen LogP contribution in [0.5, 0.6) is 5.75 Å². The quantitative estimate of drug-likeness (QED) is 0.315. The van der Waals surface area contributed by atoms with Gasteiger partial charge in [0.2, 0.25) is 0 Å². The Morgan fingerprint density at radius 3 is 2.40 bits per heavy atom. The molecule has 0 aliphatic heterocycles. The molecule has 2 aliphatic rings. The monoisotopic (exact) mass is 519 g/mol. The SMILES string of the molecule is Clc1[c]c(COc2ccc(C3CC3c3ccc(Br)cc3)c(Cl)c2)c(C2CC2)c(Cl)c1. The van der Waals surface area contributed by atoms with E-state index >= 15 is 0 Å². The normalized spacial score (nSPS) is 20.3. The van der Waals surface area contributed by atoms with Crippen molar-refractivity contribution >= 4 is 50.7 Å². The summed E-state index contributed by atoms with van der Waals surface area (Å²) in [5, 5.41) is 1.98. The van der Waals surface area contributed by atoms with Gasteiger partial charge in [-0.05, 0) is 84.0 Å². The Bertz CT molecular complexity index is 1090. The van der Waals surface area contributed by atoms with Crippen LogP contribution in [-0.4, -0.2) is 0 Å². The topological polar surface area (TPSA) is 9.23 Å². The summed E-state index contributed by atoms with van der Waals surface area (Å²) in [7, 11) is 0. The minimum atomic E-state index is 0.382. The summed E-state index contributed by atoms with van der Waals surface area (Å²) in [5.41, 5.74) is 4.61.